The highest BCUT2D eigenvalue weighted by Crippen LogP contribution is 2.31. The van der Waals surface area contributed by atoms with Gasteiger partial charge >= 0.3 is 0 Å². The van der Waals surface area contributed by atoms with Gasteiger partial charge in [-0.15, -0.1) is 0 Å². The Labute approximate surface area is 115 Å². The largest absolute Gasteiger partial charge is 0.397 e. The Kier molecular flexibility index (Phi) is 3.76. The van der Waals surface area contributed by atoms with Crippen LogP contribution in [0.25, 0.3) is 11.3 Å². The van der Waals surface area contributed by atoms with E-state index in [9.17, 15) is 22.0 Å². The number of pyridine rings is 1. The van der Waals surface area contributed by atoms with Crippen molar-refractivity contribution in [3.63, 3.8) is 0 Å². The van der Waals surface area contributed by atoms with Crippen LogP contribution in [0.1, 0.15) is 5.69 Å². The van der Waals surface area contributed by atoms with E-state index in [2.05, 4.69) is 4.98 Å². The van der Waals surface area contributed by atoms with Crippen molar-refractivity contribution in [3.05, 3.63) is 46.9 Å². The van der Waals surface area contributed by atoms with Gasteiger partial charge in [0.15, 0.2) is 23.3 Å². The highest BCUT2D eigenvalue weighted by Gasteiger charge is 2.27. The van der Waals surface area contributed by atoms with Gasteiger partial charge in [0, 0.05) is 0 Å². The quantitative estimate of drug-likeness (QED) is 0.526. The van der Waals surface area contributed by atoms with E-state index in [1.54, 1.807) is 6.07 Å². The highest BCUT2D eigenvalue weighted by atomic mass is 19.2. The van der Waals surface area contributed by atoms with Crippen molar-refractivity contribution in [2.75, 3.05) is 5.73 Å². The fourth-order valence-electron chi connectivity index (χ4n) is 1.70. The van der Waals surface area contributed by atoms with Crippen LogP contribution in [0, 0.1) is 40.4 Å². The number of aromatic nitrogens is 1. The molecule has 0 aliphatic heterocycles. The second kappa shape index (κ2) is 5.36. The van der Waals surface area contributed by atoms with Crippen LogP contribution in [0.4, 0.5) is 27.6 Å². The fourth-order valence-corrected chi connectivity index (χ4v) is 1.70. The van der Waals surface area contributed by atoms with Crippen molar-refractivity contribution in [2.24, 2.45) is 0 Å². The molecule has 8 heteroatoms. The van der Waals surface area contributed by atoms with Crippen molar-refractivity contribution in [2.45, 2.75) is 6.42 Å². The van der Waals surface area contributed by atoms with Crippen LogP contribution in [-0.2, 0) is 6.42 Å². The summed E-state index contributed by atoms with van der Waals surface area (Å²) in [6, 6.07) is 3.91. The Morgan fingerprint density at radius 1 is 0.952 bits per heavy atom. The molecule has 2 N–H and O–H groups in total. The first kappa shape index (κ1) is 14.7. The summed E-state index contributed by atoms with van der Waals surface area (Å²) in [6.07, 6.45) is -0.269. The van der Waals surface area contributed by atoms with Gasteiger partial charge in [0.1, 0.15) is 0 Å². The second-order valence-electron chi connectivity index (χ2n) is 4.01. The molecule has 21 heavy (non-hydrogen) atoms. The molecule has 1 heterocycles. The van der Waals surface area contributed by atoms with Crippen LogP contribution in [0.5, 0.6) is 0 Å². The molecule has 3 nitrogen and oxygen atoms in total. The minimum atomic E-state index is -2.25. The number of nitriles is 1. The number of rotatable bonds is 2. The van der Waals surface area contributed by atoms with Gasteiger partial charge in [0.05, 0.1) is 35.1 Å². The third kappa shape index (κ3) is 2.38. The average Bonchev–Trinajstić information content (AvgIpc) is 2.47. The molecule has 0 spiro atoms. The van der Waals surface area contributed by atoms with E-state index >= 15 is 0 Å². The lowest BCUT2D eigenvalue weighted by atomic mass is 10.1. The van der Waals surface area contributed by atoms with Crippen LogP contribution in [0.15, 0.2) is 12.1 Å². The number of hydrogen-bond donors (Lipinski definition) is 1. The highest BCUT2D eigenvalue weighted by molar-refractivity contribution is 5.64. The number of anilines is 1. The standard InChI is InChI=1S/C13H6F5N3/c14-9-8(10(15)12(17)13(18)11(9)16)7-2-1-5(20)6(21-7)3-4-19/h1-2H,3,20H2. The zero-order valence-electron chi connectivity index (χ0n) is 10.2. The number of nitrogens with two attached hydrogens (primary N) is 1. The van der Waals surface area contributed by atoms with Gasteiger partial charge in [-0.2, -0.15) is 5.26 Å². The first-order valence-corrected chi connectivity index (χ1v) is 5.52. The van der Waals surface area contributed by atoms with E-state index in [4.69, 9.17) is 11.0 Å². The molecule has 0 saturated heterocycles. The van der Waals surface area contributed by atoms with Crippen molar-refractivity contribution in [1.29, 1.82) is 5.26 Å². The van der Waals surface area contributed by atoms with Crippen LogP contribution >= 0.6 is 0 Å². The predicted molar refractivity (Wildman–Crippen MR) is 63.2 cm³/mol. The molecule has 0 unspecified atom stereocenters. The third-order valence-corrected chi connectivity index (χ3v) is 2.72. The number of nitrogen functional groups attached to an aromatic ring is 1. The lowest BCUT2D eigenvalue weighted by molar-refractivity contribution is 0.381. The lowest BCUT2D eigenvalue weighted by Crippen LogP contribution is -2.06. The van der Waals surface area contributed by atoms with Crippen LogP contribution in [-0.4, -0.2) is 4.98 Å². The molecular weight excluding hydrogens is 293 g/mol. The maximum atomic E-state index is 13.6. The molecule has 0 aliphatic carbocycles. The molecule has 2 rings (SSSR count). The summed E-state index contributed by atoms with van der Waals surface area (Å²) in [4.78, 5) is 3.68. The van der Waals surface area contributed by atoms with E-state index in [0.29, 0.717) is 0 Å². The molecule has 0 amide bonds. The Morgan fingerprint density at radius 3 is 2.00 bits per heavy atom. The zero-order valence-corrected chi connectivity index (χ0v) is 10.2. The molecular formula is C13H6F5N3. The topological polar surface area (TPSA) is 62.7 Å². The molecule has 1 aromatic carbocycles. The molecule has 1 aromatic heterocycles. The summed E-state index contributed by atoms with van der Waals surface area (Å²) in [5, 5.41) is 8.58. The molecule has 0 saturated carbocycles. The molecule has 0 fully saturated rings. The molecule has 0 bridgehead atoms. The third-order valence-electron chi connectivity index (χ3n) is 2.72. The van der Waals surface area contributed by atoms with E-state index in [1.807, 2.05) is 0 Å². The average molecular weight is 299 g/mol. The first-order chi connectivity index (χ1) is 9.88. The number of nitrogens with zero attached hydrogens (tertiary/aromatic N) is 2. The minimum absolute atomic E-state index is 0.0149. The van der Waals surface area contributed by atoms with Crippen molar-refractivity contribution in [3.8, 4) is 17.3 Å². The summed E-state index contributed by atoms with van der Waals surface area (Å²) in [6.45, 7) is 0. The normalized spacial score (nSPS) is 10.5. The Balaban J connectivity index is 2.74. The van der Waals surface area contributed by atoms with Gasteiger partial charge < -0.3 is 5.73 Å². The molecule has 108 valence electrons. The summed E-state index contributed by atoms with van der Waals surface area (Å²) >= 11 is 0. The molecule has 0 aliphatic rings. The van der Waals surface area contributed by atoms with Gasteiger partial charge in [-0.1, -0.05) is 0 Å². The summed E-state index contributed by atoms with van der Waals surface area (Å²) in [5.41, 5.74) is 3.90. The van der Waals surface area contributed by atoms with Gasteiger partial charge in [0.25, 0.3) is 0 Å². The van der Waals surface area contributed by atoms with Crippen molar-refractivity contribution in [1.82, 2.24) is 4.98 Å². The summed E-state index contributed by atoms with van der Waals surface area (Å²) in [5.74, 6) is -10.4. The predicted octanol–water partition coefficient (Wildman–Crippen LogP) is 3.09. The molecule has 0 atom stereocenters. The first-order valence-electron chi connectivity index (χ1n) is 5.52. The molecule has 2 aromatic rings. The number of benzene rings is 1. The van der Waals surface area contributed by atoms with Gasteiger partial charge in [-0.3, -0.25) is 0 Å². The van der Waals surface area contributed by atoms with Crippen LogP contribution < -0.4 is 5.73 Å². The van der Waals surface area contributed by atoms with Crippen LogP contribution in [0.3, 0.4) is 0 Å². The zero-order chi connectivity index (χ0) is 15.7. The molecule has 0 radical (unpaired) electrons. The maximum Gasteiger partial charge on any atom is 0.200 e. The number of hydrogen-bond acceptors (Lipinski definition) is 3. The van der Waals surface area contributed by atoms with Crippen molar-refractivity contribution >= 4 is 5.69 Å². The fraction of sp³-hybridized carbons (Fsp3) is 0.0769. The van der Waals surface area contributed by atoms with Crippen molar-refractivity contribution < 1.29 is 22.0 Å². The van der Waals surface area contributed by atoms with E-state index in [-0.39, 0.29) is 17.8 Å². The van der Waals surface area contributed by atoms with Crippen LogP contribution in [0.2, 0.25) is 0 Å². The van der Waals surface area contributed by atoms with E-state index < -0.39 is 40.3 Å². The smallest absolute Gasteiger partial charge is 0.200 e. The second-order valence-corrected chi connectivity index (χ2v) is 4.01. The monoisotopic (exact) mass is 299 g/mol. The summed E-state index contributed by atoms with van der Waals surface area (Å²) < 4.78 is 66.6. The maximum absolute atomic E-state index is 13.6. The van der Waals surface area contributed by atoms with Gasteiger partial charge in [-0.25, -0.2) is 26.9 Å². The van der Waals surface area contributed by atoms with E-state index in [0.717, 1.165) is 6.07 Å². The number of halogens is 5. The minimum Gasteiger partial charge on any atom is -0.397 e. The van der Waals surface area contributed by atoms with Gasteiger partial charge in [-0.05, 0) is 12.1 Å². The summed E-state index contributed by atoms with van der Waals surface area (Å²) in [7, 11) is 0. The van der Waals surface area contributed by atoms with E-state index in [1.165, 1.54) is 6.07 Å². The lowest BCUT2D eigenvalue weighted by Gasteiger charge is -2.09. The Bertz CT molecular complexity index is 738. The van der Waals surface area contributed by atoms with Gasteiger partial charge in [0.2, 0.25) is 5.82 Å². The Morgan fingerprint density at radius 2 is 1.48 bits per heavy atom. The SMILES string of the molecule is N#CCc1nc(-c2c(F)c(F)c(F)c(F)c2F)ccc1N. The Hall–Kier alpha value is -2.69.